The van der Waals surface area contributed by atoms with Crippen LogP contribution in [0.1, 0.15) is 24.1 Å². The summed E-state index contributed by atoms with van der Waals surface area (Å²) in [6.07, 6.45) is 4.66. The lowest BCUT2D eigenvalue weighted by Crippen LogP contribution is -2.35. The summed E-state index contributed by atoms with van der Waals surface area (Å²) in [6.45, 7) is 0.304. The molecule has 126 valence electrons. The lowest BCUT2D eigenvalue weighted by molar-refractivity contribution is -0.123. The van der Waals surface area contributed by atoms with Crippen LogP contribution >= 0.6 is 11.3 Å². The summed E-state index contributed by atoms with van der Waals surface area (Å²) in [7, 11) is 0. The van der Waals surface area contributed by atoms with E-state index in [1.54, 1.807) is 36.7 Å². The standard InChI is InChI=1S/C18H15FN4OS/c19-14-5-2-1-4-13(14)18(6-7-18)17(24)22-10-12-11-25-16(23-12)15-20-8-3-9-21-15/h1-5,8-9,11H,6-7,10H2,(H,22,24). The molecule has 0 bridgehead atoms. The minimum Gasteiger partial charge on any atom is -0.350 e. The number of hydrogen-bond acceptors (Lipinski definition) is 5. The van der Waals surface area contributed by atoms with E-state index in [-0.39, 0.29) is 11.7 Å². The van der Waals surface area contributed by atoms with Crippen LogP contribution in [0.4, 0.5) is 4.39 Å². The normalized spacial score (nSPS) is 14.9. The van der Waals surface area contributed by atoms with Crippen LogP contribution in [0.5, 0.6) is 0 Å². The molecule has 1 N–H and O–H groups in total. The maximum Gasteiger partial charge on any atom is 0.231 e. The zero-order valence-corrected chi connectivity index (χ0v) is 14.1. The molecule has 2 aromatic heterocycles. The van der Waals surface area contributed by atoms with Crippen molar-refractivity contribution in [3.05, 3.63) is 65.2 Å². The lowest BCUT2D eigenvalue weighted by atomic mass is 9.94. The number of rotatable bonds is 5. The second-order valence-corrected chi connectivity index (χ2v) is 6.82. The number of thiazole rings is 1. The molecular formula is C18H15FN4OS. The molecule has 0 spiro atoms. The van der Waals surface area contributed by atoms with E-state index in [0.717, 1.165) is 5.69 Å². The molecule has 1 saturated carbocycles. The molecule has 0 atom stereocenters. The number of halogens is 1. The zero-order chi connectivity index (χ0) is 17.3. The summed E-state index contributed by atoms with van der Waals surface area (Å²) < 4.78 is 14.0. The van der Waals surface area contributed by atoms with Crippen molar-refractivity contribution in [1.29, 1.82) is 0 Å². The number of nitrogens with zero attached hydrogens (tertiary/aromatic N) is 3. The van der Waals surface area contributed by atoms with Crippen LogP contribution in [0.15, 0.2) is 48.1 Å². The first-order valence-corrected chi connectivity index (χ1v) is 8.82. The van der Waals surface area contributed by atoms with Gasteiger partial charge in [0.15, 0.2) is 10.8 Å². The van der Waals surface area contributed by atoms with Crippen LogP contribution in [0.25, 0.3) is 10.8 Å². The molecule has 1 amide bonds. The molecule has 1 fully saturated rings. The fraction of sp³-hybridized carbons (Fsp3) is 0.222. The van der Waals surface area contributed by atoms with E-state index in [4.69, 9.17) is 0 Å². The SMILES string of the molecule is O=C(NCc1csc(-c2ncccn2)n1)C1(c2ccccc2F)CC1. The Hall–Kier alpha value is -2.67. The molecule has 1 aromatic carbocycles. The Morgan fingerprint density at radius 3 is 2.68 bits per heavy atom. The summed E-state index contributed by atoms with van der Waals surface area (Å²) in [5, 5.41) is 5.47. The average Bonchev–Trinajstić information content (AvgIpc) is 3.32. The molecule has 0 aliphatic heterocycles. The Morgan fingerprint density at radius 1 is 1.20 bits per heavy atom. The fourth-order valence-electron chi connectivity index (χ4n) is 2.83. The van der Waals surface area contributed by atoms with E-state index in [9.17, 15) is 9.18 Å². The van der Waals surface area contributed by atoms with Crippen LogP contribution in [0.3, 0.4) is 0 Å². The van der Waals surface area contributed by atoms with Crippen molar-refractivity contribution < 1.29 is 9.18 Å². The third-order valence-electron chi connectivity index (χ3n) is 4.31. The number of carbonyl (C=O) groups excluding carboxylic acids is 1. The highest BCUT2D eigenvalue weighted by molar-refractivity contribution is 7.13. The first-order chi connectivity index (χ1) is 12.2. The van der Waals surface area contributed by atoms with E-state index in [0.29, 0.717) is 35.8 Å². The monoisotopic (exact) mass is 354 g/mol. The summed E-state index contributed by atoms with van der Waals surface area (Å²) in [4.78, 5) is 25.4. The highest BCUT2D eigenvalue weighted by Gasteiger charge is 2.52. The van der Waals surface area contributed by atoms with Crippen molar-refractivity contribution in [3.8, 4) is 10.8 Å². The number of hydrogen-bond donors (Lipinski definition) is 1. The van der Waals surface area contributed by atoms with Crippen LogP contribution in [0, 0.1) is 5.82 Å². The van der Waals surface area contributed by atoms with Crippen molar-refractivity contribution in [1.82, 2.24) is 20.3 Å². The Morgan fingerprint density at radius 2 is 1.96 bits per heavy atom. The van der Waals surface area contributed by atoms with Crippen molar-refractivity contribution in [2.75, 3.05) is 0 Å². The van der Waals surface area contributed by atoms with Crippen LogP contribution in [0.2, 0.25) is 0 Å². The largest absolute Gasteiger partial charge is 0.350 e. The Kier molecular flexibility index (Phi) is 4.01. The van der Waals surface area contributed by atoms with Gasteiger partial charge in [-0.05, 0) is 25.0 Å². The predicted molar refractivity (Wildman–Crippen MR) is 92.3 cm³/mol. The van der Waals surface area contributed by atoms with Crippen molar-refractivity contribution >= 4 is 17.2 Å². The second-order valence-electron chi connectivity index (χ2n) is 5.96. The van der Waals surface area contributed by atoms with Gasteiger partial charge in [-0.1, -0.05) is 18.2 Å². The van der Waals surface area contributed by atoms with E-state index in [2.05, 4.69) is 20.3 Å². The number of benzene rings is 1. The van der Waals surface area contributed by atoms with Gasteiger partial charge < -0.3 is 5.32 Å². The van der Waals surface area contributed by atoms with E-state index >= 15 is 0 Å². The highest BCUT2D eigenvalue weighted by Crippen LogP contribution is 2.49. The molecule has 0 unspecified atom stereocenters. The zero-order valence-electron chi connectivity index (χ0n) is 13.3. The molecule has 25 heavy (non-hydrogen) atoms. The minimum absolute atomic E-state index is 0.150. The van der Waals surface area contributed by atoms with Crippen LogP contribution < -0.4 is 5.32 Å². The molecule has 5 nitrogen and oxygen atoms in total. The molecule has 1 aliphatic rings. The van der Waals surface area contributed by atoms with Crippen molar-refractivity contribution in [3.63, 3.8) is 0 Å². The first-order valence-electron chi connectivity index (χ1n) is 7.94. The molecule has 3 aromatic rings. The summed E-state index contributed by atoms with van der Waals surface area (Å²) in [5.74, 6) is 0.0885. The molecule has 7 heteroatoms. The van der Waals surface area contributed by atoms with Crippen LogP contribution in [-0.2, 0) is 16.8 Å². The van der Waals surface area contributed by atoms with Gasteiger partial charge in [0.25, 0.3) is 0 Å². The fourth-order valence-corrected chi connectivity index (χ4v) is 3.60. The summed E-state index contributed by atoms with van der Waals surface area (Å²) >= 11 is 1.43. The maximum atomic E-state index is 14.0. The maximum absolute atomic E-state index is 14.0. The Labute approximate surface area is 148 Å². The predicted octanol–water partition coefficient (Wildman–Crippen LogP) is 3.09. The van der Waals surface area contributed by atoms with Gasteiger partial charge in [-0.2, -0.15) is 0 Å². The van der Waals surface area contributed by atoms with Gasteiger partial charge in [0.05, 0.1) is 17.7 Å². The Balaban J connectivity index is 1.45. The van der Waals surface area contributed by atoms with Gasteiger partial charge in [0.2, 0.25) is 5.91 Å². The topological polar surface area (TPSA) is 67.8 Å². The quantitative estimate of drug-likeness (QED) is 0.764. The van der Waals surface area contributed by atoms with Gasteiger partial charge in [-0.15, -0.1) is 11.3 Å². The van der Waals surface area contributed by atoms with Gasteiger partial charge in [-0.25, -0.2) is 19.3 Å². The third kappa shape index (κ3) is 3.02. The van der Waals surface area contributed by atoms with Gasteiger partial charge in [0.1, 0.15) is 5.82 Å². The molecule has 2 heterocycles. The van der Waals surface area contributed by atoms with Crippen LogP contribution in [-0.4, -0.2) is 20.9 Å². The van der Waals surface area contributed by atoms with E-state index in [1.807, 2.05) is 5.38 Å². The molecule has 4 rings (SSSR count). The van der Waals surface area contributed by atoms with E-state index in [1.165, 1.54) is 17.4 Å². The summed E-state index contributed by atoms with van der Waals surface area (Å²) in [6, 6.07) is 8.23. The molecular weight excluding hydrogens is 339 g/mol. The third-order valence-corrected chi connectivity index (χ3v) is 5.20. The van der Waals surface area contributed by atoms with Gasteiger partial charge >= 0.3 is 0 Å². The summed E-state index contributed by atoms with van der Waals surface area (Å²) in [5.41, 5.74) is 0.488. The van der Waals surface area contributed by atoms with Crippen molar-refractivity contribution in [2.45, 2.75) is 24.8 Å². The van der Waals surface area contributed by atoms with Gasteiger partial charge in [0, 0.05) is 23.3 Å². The van der Waals surface area contributed by atoms with Crippen molar-refractivity contribution in [2.24, 2.45) is 0 Å². The smallest absolute Gasteiger partial charge is 0.231 e. The molecule has 0 saturated heterocycles. The molecule has 0 radical (unpaired) electrons. The highest BCUT2D eigenvalue weighted by atomic mass is 32.1. The van der Waals surface area contributed by atoms with Gasteiger partial charge in [-0.3, -0.25) is 4.79 Å². The Bertz CT molecular complexity index is 908. The minimum atomic E-state index is -0.729. The lowest BCUT2D eigenvalue weighted by Gasteiger charge is -2.16. The number of nitrogens with one attached hydrogen (secondary N) is 1. The number of carbonyl (C=O) groups is 1. The number of aromatic nitrogens is 3. The van der Waals surface area contributed by atoms with E-state index < -0.39 is 5.41 Å². The number of amides is 1. The molecule has 1 aliphatic carbocycles. The average molecular weight is 354 g/mol. The first kappa shape index (κ1) is 15.8. The second kappa shape index (κ2) is 6.33.